The summed E-state index contributed by atoms with van der Waals surface area (Å²) in [5.41, 5.74) is 2.08. The van der Waals surface area contributed by atoms with E-state index in [-0.39, 0.29) is 5.78 Å². The fourth-order valence-corrected chi connectivity index (χ4v) is 4.92. The van der Waals surface area contributed by atoms with Gasteiger partial charge in [-0.05, 0) is 102 Å². The first-order chi connectivity index (χ1) is 15.9. The summed E-state index contributed by atoms with van der Waals surface area (Å²) in [6.45, 7) is 3.34. The van der Waals surface area contributed by atoms with Crippen LogP contribution in [0.3, 0.4) is 0 Å². The molecule has 0 saturated heterocycles. The zero-order chi connectivity index (χ0) is 23.8. The Morgan fingerprint density at radius 3 is 1.67 bits per heavy atom. The van der Waals surface area contributed by atoms with Gasteiger partial charge < -0.3 is 14.7 Å². The number of carbonyl (C=O) groups excluding carboxylic acids is 1. The molecular formula is C26H31Br2NO4. The van der Waals surface area contributed by atoms with Crippen molar-refractivity contribution in [3.63, 3.8) is 0 Å². The quantitative estimate of drug-likeness (QED) is 0.163. The number of hydrogen-bond donors (Lipinski definition) is 1. The molecule has 0 bridgehead atoms. The molecule has 0 amide bonds. The minimum Gasteiger partial charge on any atom is -0.490 e. The van der Waals surface area contributed by atoms with Crippen molar-refractivity contribution in [1.82, 2.24) is 0 Å². The summed E-state index contributed by atoms with van der Waals surface area (Å²) in [5, 5.41) is 12.1. The van der Waals surface area contributed by atoms with Crippen molar-refractivity contribution in [3.05, 3.63) is 56.5 Å². The lowest BCUT2D eigenvalue weighted by molar-refractivity contribution is 0.101. The highest BCUT2D eigenvalue weighted by Gasteiger charge is 2.20. The van der Waals surface area contributed by atoms with Gasteiger partial charge in [0, 0.05) is 14.5 Å². The van der Waals surface area contributed by atoms with E-state index in [0.717, 1.165) is 51.7 Å². The Labute approximate surface area is 212 Å². The second kappa shape index (κ2) is 12.6. The number of ether oxygens (including phenoxy) is 2. The second-order valence-corrected chi connectivity index (χ2v) is 10.4. The van der Waals surface area contributed by atoms with Crippen molar-refractivity contribution in [2.45, 2.75) is 77.4 Å². The van der Waals surface area contributed by atoms with Crippen molar-refractivity contribution < 1.29 is 19.5 Å². The number of hydrogen-bond acceptors (Lipinski definition) is 5. The fourth-order valence-electron chi connectivity index (χ4n) is 4.19. The summed E-state index contributed by atoms with van der Waals surface area (Å²) < 4.78 is 13.7. The Hall–Kier alpha value is -1.86. The van der Waals surface area contributed by atoms with E-state index >= 15 is 0 Å². The standard InChI is InChI=1S/C13H16BrNO2.C13H15BrO2/c1-9(15-16)12-8-10(14)6-7-13(12)17-11-4-2-3-5-11;1-9(15)12-8-10(14)6-7-13(12)16-11-4-2-3-5-11/h6-8,11,16H,2-5H2,1H3;6-8,11H,2-5H2,1H3/b15-9+;. The number of carbonyl (C=O) groups is 1. The minimum atomic E-state index is 0.0503. The summed E-state index contributed by atoms with van der Waals surface area (Å²) in [7, 11) is 0. The van der Waals surface area contributed by atoms with Crippen LogP contribution in [-0.2, 0) is 0 Å². The molecule has 2 aromatic rings. The lowest BCUT2D eigenvalue weighted by Gasteiger charge is -2.16. The van der Waals surface area contributed by atoms with Gasteiger partial charge in [0.05, 0.1) is 23.5 Å². The van der Waals surface area contributed by atoms with Crippen LogP contribution in [0.2, 0.25) is 0 Å². The first-order valence-corrected chi connectivity index (χ1v) is 13.1. The maximum absolute atomic E-state index is 11.5. The topological polar surface area (TPSA) is 68.1 Å². The molecule has 4 rings (SSSR count). The third-order valence-electron chi connectivity index (χ3n) is 5.99. The maximum Gasteiger partial charge on any atom is 0.163 e. The van der Waals surface area contributed by atoms with Gasteiger partial charge in [-0.25, -0.2) is 0 Å². The van der Waals surface area contributed by atoms with Gasteiger partial charge in [-0.2, -0.15) is 0 Å². The van der Waals surface area contributed by atoms with E-state index in [1.807, 2.05) is 36.4 Å². The van der Waals surface area contributed by atoms with Crippen molar-refractivity contribution in [3.8, 4) is 11.5 Å². The molecule has 0 atom stereocenters. The molecule has 178 valence electrons. The number of oxime groups is 1. The lowest BCUT2D eigenvalue weighted by Crippen LogP contribution is -2.13. The van der Waals surface area contributed by atoms with Crippen molar-refractivity contribution >= 4 is 43.4 Å². The third kappa shape index (κ3) is 7.57. The SMILES string of the molecule is C/C(=N\O)c1cc(Br)ccc1OC1CCCC1.CC(=O)c1cc(Br)ccc1OC1CCCC1. The van der Waals surface area contributed by atoms with Crippen LogP contribution in [0.4, 0.5) is 0 Å². The zero-order valence-electron chi connectivity index (χ0n) is 19.2. The highest BCUT2D eigenvalue weighted by atomic mass is 79.9. The zero-order valence-corrected chi connectivity index (χ0v) is 22.3. The van der Waals surface area contributed by atoms with Crippen LogP contribution in [0.25, 0.3) is 0 Å². The number of ketones is 1. The fraction of sp³-hybridized carbons (Fsp3) is 0.462. The molecule has 2 aliphatic rings. The highest BCUT2D eigenvalue weighted by molar-refractivity contribution is 9.10. The largest absolute Gasteiger partial charge is 0.490 e. The van der Waals surface area contributed by atoms with E-state index in [4.69, 9.17) is 14.7 Å². The molecule has 0 heterocycles. The molecule has 0 radical (unpaired) electrons. The molecule has 2 fully saturated rings. The molecule has 0 spiro atoms. The third-order valence-corrected chi connectivity index (χ3v) is 6.98. The van der Waals surface area contributed by atoms with E-state index in [0.29, 0.717) is 23.5 Å². The number of benzene rings is 2. The number of rotatable bonds is 6. The molecule has 2 saturated carbocycles. The van der Waals surface area contributed by atoms with Gasteiger partial charge in [-0.1, -0.05) is 37.0 Å². The van der Waals surface area contributed by atoms with E-state index in [9.17, 15) is 4.79 Å². The van der Waals surface area contributed by atoms with Crippen LogP contribution in [0.5, 0.6) is 11.5 Å². The van der Waals surface area contributed by atoms with Crippen LogP contribution in [0.15, 0.2) is 50.5 Å². The van der Waals surface area contributed by atoms with Crippen LogP contribution in [0, 0.1) is 0 Å². The second-order valence-electron chi connectivity index (χ2n) is 8.57. The monoisotopic (exact) mass is 579 g/mol. The summed E-state index contributed by atoms with van der Waals surface area (Å²) in [5.74, 6) is 1.58. The minimum absolute atomic E-state index is 0.0503. The smallest absolute Gasteiger partial charge is 0.163 e. The van der Waals surface area contributed by atoms with Gasteiger partial charge >= 0.3 is 0 Å². The van der Waals surface area contributed by atoms with Gasteiger partial charge in [0.2, 0.25) is 0 Å². The van der Waals surface area contributed by atoms with Crippen molar-refractivity contribution in [1.29, 1.82) is 0 Å². The average Bonchev–Trinajstić information content (AvgIpc) is 3.50. The Kier molecular flexibility index (Phi) is 9.80. The van der Waals surface area contributed by atoms with Gasteiger partial charge in [-0.15, -0.1) is 0 Å². The van der Waals surface area contributed by atoms with Crippen LogP contribution < -0.4 is 9.47 Å². The van der Waals surface area contributed by atoms with Crippen molar-refractivity contribution in [2.75, 3.05) is 0 Å². The predicted molar refractivity (Wildman–Crippen MR) is 138 cm³/mol. The van der Waals surface area contributed by atoms with E-state index in [1.54, 1.807) is 13.8 Å². The molecular weight excluding hydrogens is 550 g/mol. The number of halogens is 2. The molecule has 0 aliphatic heterocycles. The van der Waals surface area contributed by atoms with Gasteiger partial charge in [0.25, 0.3) is 0 Å². The molecule has 1 N–H and O–H groups in total. The molecule has 7 heteroatoms. The van der Waals surface area contributed by atoms with Crippen LogP contribution >= 0.6 is 31.9 Å². The summed E-state index contributed by atoms with van der Waals surface area (Å²) in [6, 6.07) is 11.4. The maximum atomic E-state index is 11.5. The van der Waals surface area contributed by atoms with Crippen LogP contribution in [0.1, 0.15) is 81.1 Å². The van der Waals surface area contributed by atoms with Gasteiger partial charge in [-0.3, -0.25) is 4.79 Å². The molecule has 2 aromatic carbocycles. The molecule has 0 aromatic heterocycles. The Morgan fingerprint density at radius 1 is 0.818 bits per heavy atom. The van der Waals surface area contributed by atoms with E-state index < -0.39 is 0 Å². The Balaban J connectivity index is 0.000000186. The molecule has 2 aliphatic carbocycles. The normalized spacial score (nSPS) is 16.9. The number of Topliss-reactive ketones (excluding diaryl/α,β-unsaturated/α-hetero) is 1. The highest BCUT2D eigenvalue weighted by Crippen LogP contribution is 2.30. The predicted octanol–water partition coefficient (Wildman–Crippen LogP) is 7.94. The summed E-state index contributed by atoms with van der Waals surface area (Å²) in [4.78, 5) is 11.5. The Morgan fingerprint density at radius 2 is 1.24 bits per heavy atom. The lowest BCUT2D eigenvalue weighted by atomic mass is 10.1. The first-order valence-electron chi connectivity index (χ1n) is 11.5. The average molecular weight is 581 g/mol. The summed E-state index contributed by atoms with van der Waals surface area (Å²) >= 11 is 6.78. The van der Waals surface area contributed by atoms with Crippen LogP contribution in [-0.4, -0.2) is 28.9 Å². The molecule has 33 heavy (non-hydrogen) atoms. The summed E-state index contributed by atoms with van der Waals surface area (Å²) in [6.07, 6.45) is 9.98. The van der Waals surface area contributed by atoms with Gasteiger partial charge in [0.15, 0.2) is 5.78 Å². The van der Waals surface area contributed by atoms with Gasteiger partial charge in [0.1, 0.15) is 11.5 Å². The first kappa shape index (κ1) is 25.8. The Bertz CT molecular complexity index is 980. The number of nitrogens with zero attached hydrogens (tertiary/aromatic N) is 1. The molecule has 5 nitrogen and oxygen atoms in total. The van der Waals surface area contributed by atoms with Crippen molar-refractivity contribution in [2.24, 2.45) is 5.16 Å². The molecule has 0 unspecified atom stereocenters. The van der Waals surface area contributed by atoms with E-state index in [2.05, 4.69) is 37.0 Å². The van der Waals surface area contributed by atoms with E-state index in [1.165, 1.54) is 25.7 Å².